The first kappa shape index (κ1) is 11.9. The summed E-state index contributed by atoms with van der Waals surface area (Å²) in [5.41, 5.74) is 0. The Bertz CT molecular complexity index is 350. The number of thioether (sulfide) groups is 1. The van der Waals surface area contributed by atoms with Crippen LogP contribution in [0.3, 0.4) is 0 Å². The quantitative estimate of drug-likeness (QED) is 0.722. The summed E-state index contributed by atoms with van der Waals surface area (Å²) in [5, 5.41) is 0. The minimum atomic E-state index is 0.143. The van der Waals surface area contributed by atoms with Crippen molar-refractivity contribution in [3.63, 3.8) is 0 Å². The van der Waals surface area contributed by atoms with Crippen LogP contribution in [-0.2, 0) is 4.79 Å². The van der Waals surface area contributed by atoms with Gasteiger partial charge < -0.3 is 9.47 Å². The number of Topliss-reactive ketones (excluding diaryl/α,β-unsaturated/α-hetero) is 1. The van der Waals surface area contributed by atoms with Crippen LogP contribution in [0.15, 0.2) is 23.1 Å². The topological polar surface area (TPSA) is 35.5 Å². The van der Waals surface area contributed by atoms with Crippen molar-refractivity contribution in [1.29, 1.82) is 0 Å². The lowest BCUT2D eigenvalue weighted by Gasteiger charge is -2.08. The molecule has 0 atom stereocenters. The highest BCUT2D eigenvalue weighted by atomic mass is 32.2. The van der Waals surface area contributed by atoms with Gasteiger partial charge in [0.15, 0.2) is 0 Å². The van der Waals surface area contributed by atoms with Crippen molar-refractivity contribution in [2.75, 3.05) is 20.0 Å². The second-order valence-corrected chi connectivity index (χ2v) is 4.02. The normalized spacial score (nSPS) is 9.80. The molecule has 1 aromatic carbocycles. The fourth-order valence-electron chi connectivity index (χ4n) is 1.08. The highest BCUT2D eigenvalue weighted by molar-refractivity contribution is 8.00. The van der Waals surface area contributed by atoms with Gasteiger partial charge in [-0.3, -0.25) is 4.79 Å². The molecule has 0 aliphatic rings. The van der Waals surface area contributed by atoms with Crippen LogP contribution >= 0.6 is 11.8 Å². The summed E-state index contributed by atoms with van der Waals surface area (Å²) in [4.78, 5) is 11.8. The van der Waals surface area contributed by atoms with Crippen LogP contribution < -0.4 is 9.47 Å². The molecule has 0 bridgehead atoms. The van der Waals surface area contributed by atoms with Crippen LogP contribution in [0.4, 0.5) is 0 Å². The van der Waals surface area contributed by atoms with Gasteiger partial charge in [0.05, 0.1) is 24.9 Å². The van der Waals surface area contributed by atoms with E-state index < -0.39 is 0 Å². The average molecular weight is 226 g/mol. The number of methoxy groups -OCH3 is 2. The maximum absolute atomic E-state index is 10.9. The lowest BCUT2D eigenvalue weighted by atomic mass is 10.3. The van der Waals surface area contributed by atoms with Crippen molar-refractivity contribution in [2.24, 2.45) is 0 Å². The number of carbonyl (C=O) groups excluding carboxylic acids is 1. The standard InChI is InChI=1S/C11H14O3S/c1-8(12)7-15-11-6-9(13-2)4-5-10(11)14-3/h4-6H,7H2,1-3H3. The van der Waals surface area contributed by atoms with Crippen LogP contribution in [0.1, 0.15) is 6.92 Å². The Morgan fingerprint density at radius 3 is 2.60 bits per heavy atom. The first-order chi connectivity index (χ1) is 7.17. The Hall–Kier alpha value is -1.16. The molecular formula is C11H14O3S. The van der Waals surface area contributed by atoms with Gasteiger partial charge in [0.25, 0.3) is 0 Å². The molecular weight excluding hydrogens is 212 g/mol. The third-order valence-electron chi connectivity index (χ3n) is 1.80. The Labute approximate surface area is 93.8 Å². The molecule has 1 aromatic rings. The molecule has 3 nitrogen and oxygen atoms in total. The minimum Gasteiger partial charge on any atom is -0.497 e. The van der Waals surface area contributed by atoms with E-state index in [1.54, 1.807) is 21.1 Å². The molecule has 15 heavy (non-hydrogen) atoms. The molecule has 4 heteroatoms. The highest BCUT2D eigenvalue weighted by Crippen LogP contribution is 2.32. The molecule has 0 saturated heterocycles. The lowest BCUT2D eigenvalue weighted by molar-refractivity contribution is -0.114. The van der Waals surface area contributed by atoms with Gasteiger partial charge in [-0.05, 0) is 25.1 Å². The summed E-state index contributed by atoms with van der Waals surface area (Å²) >= 11 is 1.45. The number of hydrogen-bond donors (Lipinski definition) is 0. The monoisotopic (exact) mass is 226 g/mol. The van der Waals surface area contributed by atoms with E-state index in [0.717, 1.165) is 16.4 Å². The molecule has 0 aromatic heterocycles. The third-order valence-corrected chi connectivity index (χ3v) is 2.98. The SMILES string of the molecule is COc1ccc(OC)c(SCC(C)=O)c1. The zero-order valence-corrected chi connectivity index (χ0v) is 9.89. The van der Waals surface area contributed by atoms with E-state index in [0.29, 0.717) is 5.75 Å². The first-order valence-corrected chi connectivity index (χ1v) is 5.50. The molecule has 0 saturated carbocycles. The molecule has 0 N–H and O–H groups in total. The second-order valence-electron chi connectivity index (χ2n) is 3.01. The Morgan fingerprint density at radius 1 is 1.33 bits per heavy atom. The van der Waals surface area contributed by atoms with E-state index in [-0.39, 0.29) is 5.78 Å². The lowest BCUT2D eigenvalue weighted by Crippen LogP contribution is -1.95. The number of carbonyl (C=O) groups is 1. The van der Waals surface area contributed by atoms with Gasteiger partial charge in [0, 0.05) is 0 Å². The molecule has 0 fully saturated rings. The summed E-state index contributed by atoms with van der Waals surface area (Å²) in [6.45, 7) is 1.57. The molecule has 1 rings (SSSR count). The molecule has 82 valence electrons. The number of hydrogen-bond acceptors (Lipinski definition) is 4. The number of rotatable bonds is 5. The third kappa shape index (κ3) is 3.47. The van der Waals surface area contributed by atoms with Gasteiger partial charge in [-0.25, -0.2) is 0 Å². The van der Waals surface area contributed by atoms with E-state index in [4.69, 9.17) is 9.47 Å². The zero-order chi connectivity index (χ0) is 11.3. The van der Waals surface area contributed by atoms with E-state index >= 15 is 0 Å². The maximum Gasteiger partial charge on any atom is 0.140 e. The fourth-order valence-corrected chi connectivity index (χ4v) is 1.93. The van der Waals surface area contributed by atoms with E-state index in [2.05, 4.69) is 0 Å². The van der Waals surface area contributed by atoms with Crippen molar-refractivity contribution in [3.8, 4) is 11.5 Å². The average Bonchev–Trinajstić information content (AvgIpc) is 2.25. The Kier molecular flexibility index (Phi) is 4.49. The maximum atomic E-state index is 10.9. The smallest absolute Gasteiger partial charge is 0.140 e. The molecule has 0 unspecified atom stereocenters. The predicted molar refractivity (Wildman–Crippen MR) is 61.0 cm³/mol. The Morgan fingerprint density at radius 2 is 2.07 bits per heavy atom. The van der Waals surface area contributed by atoms with Gasteiger partial charge in [0.1, 0.15) is 17.3 Å². The van der Waals surface area contributed by atoms with E-state index in [9.17, 15) is 4.79 Å². The molecule has 0 spiro atoms. The Balaban J connectivity index is 2.85. The zero-order valence-electron chi connectivity index (χ0n) is 9.07. The summed E-state index contributed by atoms with van der Waals surface area (Å²) in [6.07, 6.45) is 0. The minimum absolute atomic E-state index is 0.143. The number of ketones is 1. The van der Waals surface area contributed by atoms with Crippen LogP contribution in [0.5, 0.6) is 11.5 Å². The first-order valence-electron chi connectivity index (χ1n) is 4.51. The number of ether oxygens (including phenoxy) is 2. The van der Waals surface area contributed by atoms with Gasteiger partial charge >= 0.3 is 0 Å². The van der Waals surface area contributed by atoms with E-state index in [1.807, 2.05) is 18.2 Å². The van der Waals surface area contributed by atoms with Gasteiger partial charge in [-0.1, -0.05) is 0 Å². The second kappa shape index (κ2) is 5.66. The summed E-state index contributed by atoms with van der Waals surface area (Å²) in [6, 6.07) is 5.53. The molecule has 0 heterocycles. The molecule has 0 aliphatic carbocycles. The number of benzene rings is 1. The van der Waals surface area contributed by atoms with Gasteiger partial charge in [-0.15, -0.1) is 11.8 Å². The van der Waals surface area contributed by atoms with E-state index in [1.165, 1.54) is 11.8 Å². The van der Waals surface area contributed by atoms with Crippen molar-refractivity contribution in [2.45, 2.75) is 11.8 Å². The molecule has 0 amide bonds. The summed E-state index contributed by atoms with van der Waals surface area (Å²) < 4.78 is 10.3. The van der Waals surface area contributed by atoms with Crippen molar-refractivity contribution < 1.29 is 14.3 Å². The van der Waals surface area contributed by atoms with Crippen molar-refractivity contribution in [1.82, 2.24) is 0 Å². The van der Waals surface area contributed by atoms with Gasteiger partial charge in [0.2, 0.25) is 0 Å². The molecule has 0 radical (unpaired) electrons. The highest BCUT2D eigenvalue weighted by Gasteiger charge is 2.06. The predicted octanol–water partition coefficient (Wildman–Crippen LogP) is 2.38. The summed E-state index contributed by atoms with van der Waals surface area (Å²) in [5.74, 6) is 2.12. The van der Waals surface area contributed by atoms with Crippen molar-refractivity contribution >= 4 is 17.5 Å². The van der Waals surface area contributed by atoms with Crippen LogP contribution in [0.25, 0.3) is 0 Å². The van der Waals surface area contributed by atoms with Crippen LogP contribution in [0.2, 0.25) is 0 Å². The molecule has 0 aliphatic heterocycles. The van der Waals surface area contributed by atoms with Crippen LogP contribution in [-0.4, -0.2) is 25.8 Å². The van der Waals surface area contributed by atoms with Gasteiger partial charge in [-0.2, -0.15) is 0 Å². The largest absolute Gasteiger partial charge is 0.497 e. The fraction of sp³-hybridized carbons (Fsp3) is 0.364. The van der Waals surface area contributed by atoms with Crippen molar-refractivity contribution in [3.05, 3.63) is 18.2 Å². The van der Waals surface area contributed by atoms with Crippen LogP contribution in [0, 0.1) is 0 Å². The summed E-state index contributed by atoms with van der Waals surface area (Å²) in [7, 11) is 3.22.